The quantitative estimate of drug-likeness (QED) is 0.211. The summed E-state index contributed by atoms with van der Waals surface area (Å²) in [6.07, 6.45) is 1.85. The van der Waals surface area contributed by atoms with Crippen molar-refractivity contribution in [1.29, 1.82) is 0 Å². The van der Waals surface area contributed by atoms with Crippen LogP contribution in [0.5, 0.6) is 0 Å². The Morgan fingerprint density at radius 1 is 0.477 bits per heavy atom. The Kier molecular flexibility index (Phi) is 4.65. The summed E-state index contributed by atoms with van der Waals surface area (Å²) < 4.78 is 2.32. The van der Waals surface area contributed by atoms with Gasteiger partial charge in [-0.25, -0.2) is 4.98 Å². The van der Waals surface area contributed by atoms with Crippen molar-refractivity contribution < 1.29 is 0 Å². The maximum atomic E-state index is 5.55. The molecule has 0 N–H and O–H groups in total. The third-order valence-electron chi connectivity index (χ3n) is 9.69. The smallest absolute Gasteiger partial charge is 0.138 e. The normalized spacial score (nSPS) is 13.6. The monoisotopic (exact) mass is 559 g/mol. The molecule has 0 unspecified atom stereocenters. The van der Waals surface area contributed by atoms with Gasteiger partial charge in [0.25, 0.3) is 0 Å². The van der Waals surface area contributed by atoms with Crippen molar-refractivity contribution >= 4 is 21.8 Å². The van der Waals surface area contributed by atoms with Crippen LogP contribution in [0.1, 0.15) is 22.3 Å². The largest absolute Gasteiger partial charge is 0.294 e. The van der Waals surface area contributed by atoms with E-state index in [1.807, 2.05) is 18.3 Å². The van der Waals surface area contributed by atoms with E-state index in [2.05, 4.69) is 143 Å². The average molecular weight is 560 g/mol. The summed E-state index contributed by atoms with van der Waals surface area (Å²) in [5, 5.41) is 2.42. The van der Waals surface area contributed by atoms with Crippen LogP contribution in [0.2, 0.25) is 0 Å². The number of rotatable bonds is 2. The molecule has 2 aliphatic rings. The van der Waals surface area contributed by atoms with Gasteiger partial charge in [-0.1, -0.05) is 115 Å². The van der Waals surface area contributed by atoms with Gasteiger partial charge in [0.05, 0.1) is 27.8 Å². The second-order valence-corrected chi connectivity index (χ2v) is 11.8. The highest BCUT2D eigenvalue weighted by atomic mass is 15.1. The van der Waals surface area contributed by atoms with E-state index in [1.54, 1.807) is 0 Å². The summed E-state index contributed by atoms with van der Waals surface area (Å²) in [4.78, 5) is 10.2. The van der Waals surface area contributed by atoms with Gasteiger partial charge in [-0.05, 0) is 63.7 Å². The molecule has 0 atom stereocenters. The van der Waals surface area contributed by atoms with Crippen molar-refractivity contribution in [2.24, 2.45) is 0 Å². The fourth-order valence-electron chi connectivity index (χ4n) is 7.97. The van der Waals surface area contributed by atoms with E-state index < -0.39 is 5.41 Å². The van der Waals surface area contributed by atoms with Gasteiger partial charge >= 0.3 is 0 Å². The minimum Gasteiger partial charge on any atom is -0.294 e. The number of pyridine rings is 2. The first-order chi connectivity index (χ1) is 21.8. The lowest BCUT2D eigenvalue weighted by molar-refractivity contribution is 0.790. The summed E-state index contributed by atoms with van der Waals surface area (Å²) in [5.41, 5.74) is 14.0. The standard InChI is InChI=1S/C41H25N3/c1-5-15-32-27(11-1)28-12-2-6-16-33(28)41(32)34-17-7-3-14-31(34)40-35(41)22-23-39(43-40)44-37-19-8-4-13-29(37)30-21-20-26(25-38(30)44)36-18-9-10-24-42-36/h1-25H. The number of aromatic nitrogens is 3. The van der Waals surface area contributed by atoms with Crippen molar-refractivity contribution in [3.63, 3.8) is 0 Å². The topological polar surface area (TPSA) is 30.7 Å². The molecule has 204 valence electrons. The first-order valence-electron chi connectivity index (χ1n) is 15.1. The lowest BCUT2D eigenvalue weighted by Crippen LogP contribution is -2.25. The summed E-state index contributed by atoms with van der Waals surface area (Å²) in [6, 6.07) is 52.5. The van der Waals surface area contributed by atoms with Gasteiger partial charge in [0, 0.05) is 28.1 Å². The van der Waals surface area contributed by atoms with E-state index in [0.717, 1.165) is 33.8 Å². The van der Waals surface area contributed by atoms with Crippen LogP contribution >= 0.6 is 0 Å². The molecule has 0 radical (unpaired) electrons. The fraction of sp³-hybridized carbons (Fsp3) is 0.0244. The molecule has 8 aromatic rings. The number of hydrogen-bond acceptors (Lipinski definition) is 2. The highest BCUT2D eigenvalue weighted by molar-refractivity contribution is 6.10. The van der Waals surface area contributed by atoms with Gasteiger partial charge in [0.1, 0.15) is 5.82 Å². The van der Waals surface area contributed by atoms with Crippen molar-refractivity contribution in [1.82, 2.24) is 14.5 Å². The summed E-state index contributed by atoms with van der Waals surface area (Å²) in [5.74, 6) is 0.916. The van der Waals surface area contributed by atoms with Crippen molar-refractivity contribution in [2.45, 2.75) is 5.41 Å². The van der Waals surface area contributed by atoms with E-state index in [9.17, 15) is 0 Å². The van der Waals surface area contributed by atoms with Gasteiger partial charge in [0.15, 0.2) is 0 Å². The molecule has 10 rings (SSSR count). The first kappa shape index (κ1) is 23.7. The number of fused-ring (bicyclic) bond motifs is 13. The summed E-state index contributed by atoms with van der Waals surface area (Å²) in [6.45, 7) is 0. The lowest BCUT2D eigenvalue weighted by atomic mass is 9.71. The molecule has 0 bridgehead atoms. The number of para-hydroxylation sites is 1. The molecule has 0 saturated heterocycles. The third-order valence-corrected chi connectivity index (χ3v) is 9.69. The van der Waals surface area contributed by atoms with Gasteiger partial charge in [-0.2, -0.15) is 0 Å². The van der Waals surface area contributed by atoms with Crippen LogP contribution < -0.4 is 0 Å². The predicted octanol–water partition coefficient (Wildman–Crippen LogP) is 9.58. The molecule has 1 spiro atoms. The lowest BCUT2D eigenvalue weighted by Gasteiger charge is -2.30. The van der Waals surface area contributed by atoms with E-state index in [1.165, 1.54) is 49.7 Å². The molecule has 3 heterocycles. The molecule has 0 fully saturated rings. The van der Waals surface area contributed by atoms with Gasteiger partial charge in [-0.3, -0.25) is 9.55 Å². The number of benzene rings is 5. The van der Waals surface area contributed by atoms with E-state index in [4.69, 9.17) is 4.98 Å². The third kappa shape index (κ3) is 2.91. The van der Waals surface area contributed by atoms with Crippen LogP contribution in [-0.4, -0.2) is 14.5 Å². The Balaban J connectivity index is 1.28. The Morgan fingerprint density at radius 2 is 1.11 bits per heavy atom. The molecule has 2 aliphatic carbocycles. The van der Waals surface area contributed by atoms with Crippen LogP contribution in [0, 0.1) is 0 Å². The van der Waals surface area contributed by atoms with Gasteiger partial charge < -0.3 is 0 Å². The summed E-state index contributed by atoms with van der Waals surface area (Å²) >= 11 is 0. The average Bonchev–Trinajstić information content (AvgIpc) is 3.70. The second kappa shape index (κ2) is 8.62. The molecule has 3 nitrogen and oxygen atoms in total. The van der Waals surface area contributed by atoms with Crippen molar-refractivity contribution in [3.8, 4) is 39.5 Å². The predicted molar refractivity (Wildman–Crippen MR) is 178 cm³/mol. The molecule has 0 aliphatic heterocycles. The van der Waals surface area contributed by atoms with Gasteiger partial charge in [0.2, 0.25) is 0 Å². The molecule has 44 heavy (non-hydrogen) atoms. The minimum atomic E-state index is -0.391. The van der Waals surface area contributed by atoms with Crippen LogP contribution in [0.4, 0.5) is 0 Å². The zero-order valence-corrected chi connectivity index (χ0v) is 23.8. The number of nitrogens with zero attached hydrogens (tertiary/aromatic N) is 3. The maximum Gasteiger partial charge on any atom is 0.138 e. The molecule has 3 heteroatoms. The Labute approximate surface area is 254 Å². The Bertz CT molecular complexity index is 2410. The molecule has 0 amide bonds. The molecular formula is C41H25N3. The minimum absolute atomic E-state index is 0.391. The van der Waals surface area contributed by atoms with E-state index in [-0.39, 0.29) is 0 Å². The van der Waals surface area contributed by atoms with E-state index >= 15 is 0 Å². The second-order valence-electron chi connectivity index (χ2n) is 11.8. The highest BCUT2D eigenvalue weighted by Gasteiger charge is 2.52. The molecule has 0 saturated carbocycles. The zero-order valence-electron chi connectivity index (χ0n) is 23.8. The van der Waals surface area contributed by atoms with Crippen LogP contribution in [0.15, 0.2) is 152 Å². The maximum absolute atomic E-state index is 5.55. The Hall–Kier alpha value is -5.80. The molecule has 3 aromatic heterocycles. The number of hydrogen-bond donors (Lipinski definition) is 0. The first-order valence-corrected chi connectivity index (χ1v) is 15.1. The van der Waals surface area contributed by atoms with Crippen molar-refractivity contribution in [3.05, 3.63) is 174 Å². The van der Waals surface area contributed by atoms with Crippen molar-refractivity contribution in [2.75, 3.05) is 0 Å². The van der Waals surface area contributed by atoms with Gasteiger partial charge in [-0.15, -0.1) is 0 Å². The van der Waals surface area contributed by atoms with Crippen LogP contribution in [0.25, 0.3) is 61.3 Å². The molecule has 5 aromatic carbocycles. The fourth-order valence-corrected chi connectivity index (χ4v) is 7.97. The zero-order chi connectivity index (χ0) is 28.8. The highest BCUT2D eigenvalue weighted by Crippen LogP contribution is 2.62. The SMILES string of the molecule is c1ccc(-c2ccc3c4ccccc4n(-c4ccc5c(n4)-c4ccccc4C54c5ccccc5-c5ccccc54)c3c2)nc1. The molecular weight excluding hydrogens is 534 g/mol. The Morgan fingerprint density at radius 3 is 1.86 bits per heavy atom. The van der Waals surface area contributed by atoms with Crippen LogP contribution in [0.3, 0.4) is 0 Å². The summed E-state index contributed by atoms with van der Waals surface area (Å²) in [7, 11) is 0. The van der Waals surface area contributed by atoms with E-state index in [0.29, 0.717) is 0 Å². The van der Waals surface area contributed by atoms with Crippen LogP contribution in [-0.2, 0) is 5.41 Å².